The zero-order chi connectivity index (χ0) is 19.8. The monoisotopic (exact) mass is 396 g/mol. The average molecular weight is 396 g/mol. The Hall–Kier alpha value is -2.07. The number of rotatable bonds is 6. The summed E-state index contributed by atoms with van der Waals surface area (Å²) in [5.41, 5.74) is 0.796. The lowest BCUT2D eigenvalue weighted by Crippen LogP contribution is -2.23. The molecule has 1 aliphatic rings. The first-order chi connectivity index (χ1) is 12.6. The zero-order valence-electron chi connectivity index (χ0n) is 15.7. The number of hydrogen-bond acceptors (Lipinski definition) is 6. The minimum absolute atomic E-state index is 0.0161. The maximum atomic E-state index is 14.4. The van der Waals surface area contributed by atoms with E-state index in [-0.39, 0.29) is 29.4 Å². The molecule has 148 valence electrons. The molecule has 2 aromatic rings. The van der Waals surface area contributed by atoms with Crippen LogP contribution in [0.25, 0.3) is 11.4 Å². The van der Waals surface area contributed by atoms with Crippen LogP contribution in [0.1, 0.15) is 45.0 Å². The SMILES string of the molecule is Cc1ncc(-c2nc(N[C@@H]3CC[C@H](CS(N)(=O)=O)C3)ncc2F)n1C(C)C. The summed E-state index contributed by atoms with van der Waals surface area (Å²) in [6, 6.07) is 0.147. The summed E-state index contributed by atoms with van der Waals surface area (Å²) in [4.78, 5) is 12.7. The predicted molar refractivity (Wildman–Crippen MR) is 101 cm³/mol. The smallest absolute Gasteiger partial charge is 0.223 e. The fourth-order valence-electron chi connectivity index (χ4n) is 3.77. The van der Waals surface area contributed by atoms with Gasteiger partial charge in [-0.25, -0.2) is 32.9 Å². The summed E-state index contributed by atoms with van der Waals surface area (Å²) in [5.74, 6) is 0.590. The Kier molecular flexibility index (Phi) is 5.48. The van der Waals surface area contributed by atoms with Gasteiger partial charge in [0, 0.05) is 12.1 Å². The van der Waals surface area contributed by atoms with Crippen LogP contribution in [0.15, 0.2) is 12.4 Å². The first kappa shape index (κ1) is 19.7. The molecule has 3 N–H and O–H groups in total. The normalized spacial score (nSPS) is 20.4. The molecule has 0 amide bonds. The van der Waals surface area contributed by atoms with Gasteiger partial charge in [0.15, 0.2) is 5.82 Å². The van der Waals surface area contributed by atoms with Crippen molar-refractivity contribution in [3.63, 3.8) is 0 Å². The van der Waals surface area contributed by atoms with Gasteiger partial charge in [-0.2, -0.15) is 0 Å². The quantitative estimate of drug-likeness (QED) is 0.774. The van der Waals surface area contributed by atoms with Crippen molar-refractivity contribution in [1.29, 1.82) is 0 Å². The van der Waals surface area contributed by atoms with Crippen LogP contribution < -0.4 is 10.5 Å². The Bertz CT molecular complexity index is 928. The second-order valence-corrected chi connectivity index (χ2v) is 9.05. The third-order valence-corrected chi connectivity index (χ3v) is 5.76. The topological polar surface area (TPSA) is 116 Å². The number of primary sulfonamides is 1. The third-order valence-electron chi connectivity index (χ3n) is 4.83. The Labute approximate surface area is 158 Å². The molecular weight excluding hydrogens is 371 g/mol. The Balaban J connectivity index is 1.79. The van der Waals surface area contributed by atoms with Crippen LogP contribution in [-0.2, 0) is 10.0 Å². The summed E-state index contributed by atoms with van der Waals surface area (Å²) < 4.78 is 38.8. The number of aryl methyl sites for hydroxylation is 1. The predicted octanol–water partition coefficient (Wildman–Crippen LogP) is 2.24. The van der Waals surface area contributed by atoms with Crippen LogP contribution in [0.2, 0.25) is 0 Å². The van der Waals surface area contributed by atoms with Crippen molar-refractivity contribution in [1.82, 2.24) is 19.5 Å². The van der Waals surface area contributed by atoms with E-state index in [1.54, 1.807) is 6.20 Å². The first-order valence-corrected chi connectivity index (χ1v) is 10.7. The molecule has 0 saturated heterocycles. The molecule has 1 aliphatic carbocycles. The molecule has 1 fully saturated rings. The molecule has 0 aliphatic heterocycles. The third kappa shape index (κ3) is 4.62. The van der Waals surface area contributed by atoms with Crippen LogP contribution in [0.3, 0.4) is 0 Å². The molecule has 0 unspecified atom stereocenters. The van der Waals surface area contributed by atoms with Gasteiger partial charge in [0.1, 0.15) is 11.5 Å². The number of nitrogens with zero attached hydrogens (tertiary/aromatic N) is 4. The van der Waals surface area contributed by atoms with Crippen molar-refractivity contribution in [3.05, 3.63) is 24.0 Å². The van der Waals surface area contributed by atoms with Crippen molar-refractivity contribution in [2.45, 2.75) is 52.1 Å². The van der Waals surface area contributed by atoms with Crippen LogP contribution in [-0.4, -0.2) is 39.7 Å². The Morgan fingerprint density at radius 1 is 1.33 bits per heavy atom. The highest BCUT2D eigenvalue weighted by Crippen LogP contribution is 2.30. The molecule has 27 heavy (non-hydrogen) atoms. The van der Waals surface area contributed by atoms with E-state index in [0.29, 0.717) is 18.1 Å². The molecule has 0 aromatic carbocycles. The van der Waals surface area contributed by atoms with Crippen LogP contribution in [0.4, 0.5) is 10.3 Å². The van der Waals surface area contributed by atoms with Crippen LogP contribution in [0, 0.1) is 18.7 Å². The molecule has 2 aromatic heterocycles. The van der Waals surface area contributed by atoms with Crippen LogP contribution >= 0.6 is 0 Å². The van der Waals surface area contributed by atoms with Gasteiger partial charge in [0.05, 0.1) is 23.8 Å². The van der Waals surface area contributed by atoms with Gasteiger partial charge in [-0.05, 0) is 46.0 Å². The van der Waals surface area contributed by atoms with E-state index in [9.17, 15) is 12.8 Å². The van der Waals surface area contributed by atoms with Gasteiger partial charge in [0.2, 0.25) is 16.0 Å². The second kappa shape index (κ2) is 7.51. The lowest BCUT2D eigenvalue weighted by atomic mass is 10.1. The minimum Gasteiger partial charge on any atom is -0.351 e. The molecule has 10 heteroatoms. The van der Waals surface area contributed by atoms with Crippen LogP contribution in [0.5, 0.6) is 0 Å². The number of halogens is 1. The number of anilines is 1. The number of nitrogens with two attached hydrogens (primary N) is 1. The minimum atomic E-state index is -3.48. The first-order valence-electron chi connectivity index (χ1n) is 8.97. The van der Waals surface area contributed by atoms with E-state index in [1.807, 2.05) is 25.3 Å². The summed E-state index contributed by atoms with van der Waals surface area (Å²) in [7, 11) is -3.48. The zero-order valence-corrected chi connectivity index (χ0v) is 16.5. The van der Waals surface area contributed by atoms with Gasteiger partial charge in [-0.1, -0.05) is 0 Å². The Morgan fingerprint density at radius 3 is 2.74 bits per heavy atom. The lowest BCUT2D eigenvalue weighted by molar-refractivity contribution is 0.556. The number of aromatic nitrogens is 4. The van der Waals surface area contributed by atoms with Gasteiger partial charge >= 0.3 is 0 Å². The van der Waals surface area contributed by atoms with Crippen molar-refractivity contribution in [2.75, 3.05) is 11.1 Å². The highest BCUT2D eigenvalue weighted by Gasteiger charge is 2.28. The van der Waals surface area contributed by atoms with E-state index >= 15 is 0 Å². The van der Waals surface area contributed by atoms with Gasteiger partial charge < -0.3 is 9.88 Å². The molecule has 0 radical (unpaired) electrons. The fourth-order valence-corrected chi connectivity index (χ4v) is 4.72. The molecule has 3 rings (SSSR count). The van der Waals surface area contributed by atoms with E-state index < -0.39 is 15.8 Å². The van der Waals surface area contributed by atoms with Crippen molar-refractivity contribution in [3.8, 4) is 11.4 Å². The number of nitrogens with one attached hydrogen (secondary N) is 1. The number of hydrogen-bond donors (Lipinski definition) is 2. The lowest BCUT2D eigenvalue weighted by Gasteiger charge is -2.16. The highest BCUT2D eigenvalue weighted by atomic mass is 32.2. The van der Waals surface area contributed by atoms with Crippen molar-refractivity contribution in [2.24, 2.45) is 11.1 Å². The van der Waals surface area contributed by atoms with E-state index in [0.717, 1.165) is 24.9 Å². The van der Waals surface area contributed by atoms with Gasteiger partial charge in [-0.15, -0.1) is 0 Å². The standard InChI is InChI=1S/C17H25FN6O2S/c1-10(2)24-11(3)20-8-15(24)16-14(18)7-21-17(23-16)22-13-5-4-12(6-13)9-27(19,25)26/h7-8,10,12-13H,4-6,9H2,1-3H3,(H2,19,25,26)(H,21,22,23)/t12-,13+/m0/s1. The van der Waals surface area contributed by atoms with E-state index in [4.69, 9.17) is 5.14 Å². The van der Waals surface area contributed by atoms with E-state index in [1.165, 1.54) is 0 Å². The molecule has 0 bridgehead atoms. The molecule has 1 saturated carbocycles. The molecule has 0 spiro atoms. The van der Waals surface area contributed by atoms with Gasteiger partial charge in [0.25, 0.3) is 0 Å². The average Bonchev–Trinajstić information content (AvgIpc) is 3.14. The molecule has 2 atom stereocenters. The molecule has 8 nitrogen and oxygen atoms in total. The van der Waals surface area contributed by atoms with Crippen molar-refractivity contribution < 1.29 is 12.8 Å². The number of sulfonamides is 1. The van der Waals surface area contributed by atoms with Crippen molar-refractivity contribution >= 4 is 16.0 Å². The summed E-state index contributed by atoms with van der Waals surface area (Å²) in [6.07, 6.45) is 4.98. The summed E-state index contributed by atoms with van der Waals surface area (Å²) in [5, 5.41) is 8.33. The Morgan fingerprint density at radius 2 is 2.07 bits per heavy atom. The maximum absolute atomic E-state index is 14.4. The second-order valence-electron chi connectivity index (χ2n) is 7.39. The van der Waals surface area contributed by atoms with E-state index in [2.05, 4.69) is 20.3 Å². The number of imidazole rings is 1. The van der Waals surface area contributed by atoms with Gasteiger partial charge in [-0.3, -0.25) is 0 Å². The largest absolute Gasteiger partial charge is 0.351 e. The molecule has 2 heterocycles. The fraction of sp³-hybridized carbons (Fsp3) is 0.588. The highest BCUT2D eigenvalue weighted by molar-refractivity contribution is 7.89. The molecular formula is C17H25FN6O2S. The maximum Gasteiger partial charge on any atom is 0.223 e. The summed E-state index contributed by atoms with van der Waals surface area (Å²) in [6.45, 7) is 5.87. The summed E-state index contributed by atoms with van der Waals surface area (Å²) >= 11 is 0.